The number of guanidine groups is 1. The Morgan fingerprint density at radius 3 is 2.00 bits per heavy atom. The number of primary amides is 1. The fraction of sp³-hybridized carbons (Fsp3) is 0.714. The quantitative estimate of drug-likeness (QED) is 0.0526. The molecule has 0 rings (SSSR count). The molecule has 0 saturated carbocycles. The lowest BCUT2D eigenvalue weighted by molar-refractivity contribution is -0.142. The number of nitrogens with zero attached hydrogens (tertiary/aromatic N) is 1. The molecule has 0 spiro atoms. The number of aliphatic carboxylic acids is 1. The number of hydrogen-bond donors (Lipinski definition) is 8. The Hall–Kier alpha value is -3.07. The molecule has 0 aliphatic heterocycles. The molecule has 0 aromatic heterocycles. The van der Waals surface area contributed by atoms with Gasteiger partial charge in [-0.1, -0.05) is 13.8 Å². The number of hydrogen-bond acceptors (Lipinski definition) is 8. The van der Waals surface area contributed by atoms with Crippen molar-refractivity contribution in [3.63, 3.8) is 0 Å². The maximum Gasteiger partial charge on any atom is 0.326 e. The van der Waals surface area contributed by atoms with Gasteiger partial charge in [-0.2, -0.15) is 11.8 Å². The van der Waals surface area contributed by atoms with Gasteiger partial charge < -0.3 is 44.0 Å². The van der Waals surface area contributed by atoms with E-state index >= 15 is 0 Å². The Labute approximate surface area is 215 Å². The van der Waals surface area contributed by atoms with Crippen LogP contribution < -0.4 is 38.9 Å². The fourth-order valence-electron chi connectivity index (χ4n) is 3.02. The van der Waals surface area contributed by atoms with Gasteiger partial charge in [0.2, 0.25) is 23.6 Å². The van der Waals surface area contributed by atoms with Gasteiger partial charge >= 0.3 is 5.97 Å². The highest BCUT2D eigenvalue weighted by Gasteiger charge is 2.31. The predicted octanol–water partition coefficient (Wildman–Crippen LogP) is -2.42. The van der Waals surface area contributed by atoms with Gasteiger partial charge in [-0.3, -0.25) is 24.2 Å². The number of carbonyl (C=O) groups is 5. The Bertz CT molecular complexity index is 790. The van der Waals surface area contributed by atoms with Crippen LogP contribution in [0.5, 0.6) is 0 Å². The van der Waals surface area contributed by atoms with E-state index in [1.807, 2.05) is 6.26 Å². The first kappa shape index (κ1) is 32.9. The lowest BCUT2D eigenvalue weighted by Gasteiger charge is -2.27. The van der Waals surface area contributed by atoms with E-state index in [-0.39, 0.29) is 31.8 Å². The molecule has 4 amide bonds. The second kappa shape index (κ2) is 17.4. The number of carbonyl (C=O) groups excluding carboxylic acids is 4. The largest absolute Gasteiger partial charge is 0.480 e. The Morgan fingerprint density at radius 1 is 0.889 bits per heavy atom. The molecule has 14 nitrogen and oxygen atoms in total. The van der Waals surface area contributed by atoms with Crippen LogP contribution in [0.3, 0.4) is 0 Å². The Kier molecular flexibility index (Phi) is 15.9. The Morgan fingerprint density at radius 2 is 1.50 bits per heavy atom. The van der Waals surface area contributed by atoms with Crippen LogP contribution in [0.25, 0.3) is 0 Å². The van der Waals surface area contributed by atoms with Crippen molar-refractivity contribution in [2.75, 3.05) is 18.6 Å². The molecule has 0 aliphatic carbocycles. The van der Waals surface area contributed by atoms with E-state index < -0.39 is 59.7 Å². The van der Waals surface area contributed by atoms with E-state index in [0.29, 0.717) is 18.6 Å². The van der Waals surface area contributed by atoms with Gasteiger partial charge in [0, 0.05) is 13.0 Å². The second-order valence-corrected chi connectivity index (χ2v) is 9.52. The Balaban J connectivity index is 5.40. The van der Waals surface area contributed by atoms with Crippen molar-refractivity contribution in [1.29, 1.82) is 0 Å². The van der Waals surface area contributed by atoms with E-state index in [4.69, 9.17) is 22.9 Å². The second-order valence-electron chi connectivity index (χ2n) is 8.53. The number of nitrogens with two attached hydrogens (primary N) is 4. The molecule has 0 aromatic rings. The standard InChI is InChI=1S/C21H40N8O6S/c1-11(2)16(19(33)28-14(20(34)35)5-4-9-26-21(24)25)29-18(32)13(6-7-15(23)30)27-17(31)12(22)8-10-36-3/h11-14,16H,4-10,22H2,1-3H3,(H2,23,30)(H,27,31)(H,28,33)(H,29,32)(H,34,35)(H4,24,25,26). The fourth-order valence-corrected chi connectivity index (χ4v) is 3.51. The summed E-state index contributed by atoms with van der Waals surface area (Å²) in [5.74, 6) is -3.87. The highest BCUT2D eigenvalue weighted by molar-refractivity contribution is 7.98. The highest BCUT2D eigenvalue weighted by Crippen LogP contribution is 2.08. The smallest absolute Gasteiger partial charge is 0.326 e. The van der Waals surface area contributed by atoms with Crippen LogP contribution in [-0.4, -0.2) is 83.4 Å². The average molecular weight is 533 g/mol. The van der Waals surface area contributed by atoms with Crippen LogP contribution in [0.2, 0.25) is 0 Å². The lowest BCUT2D eigenvalue weighted by atomic mass is 10.0. The zero-order valence-electron chi connectivity index (χ0n) is 21.0. The van der Waals surface area contributed by atoms with Crippen molar-refractivity contribution in [3.05, 3.63) is 0 Å². The van der Waals surface area contributed by atoms with Crippen LogP contribution in [0, 0.1) is 5.92 Å². The molecule has 4 unspecified atom stereocenters. The van der Waals surface area contributed by atoms with Crippen LogP contribution >= 0.6 is 11.8 Å². The summed E-state index contributed by atoms with van der Waals surface area (Å²) in [4.78, 5) is 64.9. The molecule has 12 N–H and O–H groups in total. The van der Waals surface area contributed by atoms with E-state index in [2.05, 4.69) is 20.9 Å². The third-order valence-electron chi connectivity index (χ3n) is 5.09. The third kappa shape index (κ3) is 13.7. The molecule has 15 heteroatoms. The summed E-state index contributed by atoms with van der Waals surface area (Å²) in [7, 11) is 0. The molecule has 206 valence electrons. The number of aliphatic imine (C=N–C) groups is 1. The van der Waals surface area contributed by atoms with Crippen molar-refractivity contribution in [2.45, 2.75) is 70.1 Å². The van der Waals surface area contributed by atoms with Gasteiger partial charge in [0.05, 0.1) is 6.04 Å². The molecule has 0 aromatic carbocycles. The summed E-state index contributed by atoms with van der Waals surface area (Å²) in [6.07, 6.45) is 2.32. The summed E-state index contributed by atoms with van der Waals surface area (Å²) in [6.45, 7) is 3.51. The normalized spacial score (nSPS) is 14.1. The molecule has 0 radical (unpaired) electrons. The van der Waals surface area contributed by atoms with Gasteiger partial charge in [0.1, 0.15) is 18.1 Å². The summed E-state index contributed by atoms with van der Waals surface area (Å²) in [5.41, 5.74) is 21.5. The number of nitrogens with one attached hydrogen (secondary N) is 3. The molecule has 0 bridgehead atoms. The minimum atomic E-state index is -1.26. The molecule has 0 fully saturated rings. The highest BCUT2D eigenvalue weighted by atomic mass is 32.2. The topological polar surface area (TPSA) is 258 Å². The van der Waals surface area contributed by atoms with Crippen LogP contribution in [0.1, 0.15) is 46.0 Å². The van der Waals surface area contributed by atoms with E-state index in [9.17, 15) is 29.1 Å². The van der Waals surface area contributed by atoms with E-state index in [1.54, 1.807) is 13.8 Å². The van der Waals surface area contributed by atoms with E-state index in [0.717, 1.165) is 0 Å². The van der Waals surface area contributed by atoms with Crippen LogP contribution in [-0.2, 0) is 24.0 Å². The van der Waals surface area contributed by atoms with Gasteiger partial charge in [-0.05, 0) is 43.6 Å². The van der Waals surface area contributed by atoms with Gasteiger partial charge in [-0.25, -0.2) is 4.79 Å². The molecular formula is C21H40N8O6S. The number of carboxylic acids is 1. The molecule has 4 atom stereocenters. The zero-order valence-corrected chi connectivity index (χ0v) is 21.8. The molecular weight excluding hydrogens is 492 g/mol. The monoisotopic (exact) mass is 532 g/mol. The summed E-state index contributed by atoms with van der Waals surface area (Å²) in [5, 5.41) is 16.9. The molecule has 0 aliphatic rings. The third-order valence-corrected chi connectivity index (χ3v) is 5.73. The maximum absolute atomic E-state index is 13.0. The summed E-state index contributed by atoms with van der Waals surface area (Å²) < 4.78 is 0. The van der Waals surface area contributed by atoms with Gasteiger partial charge in [-0.15, -0.1) is 0 Å². The lowest BCUT2D eigenvalue weighted by Crippen LogP contribution is -2.58. The minimum Gasteiger partial charge on any atom is -0.480 e. The van der Waals surface area contributed by atoms with E-state index in [1.165, 1.54) is 11.8 Å². The molecule has 0 saturated heterocycles. The predicted molar refractivity (Wildman–Crippen MR) is 138 cm³/mol. The summed E-state index contributed by atoms with van der Waals surface area (Å²) in [6, 6.07) is -4.38. The SMILES string of the molecule is CSCCC(N)C(=O)NC(CCC(N)=O)C(=O)NC(C(=O)NC(CCCN=C(N)N)C(=O)O)C(C)C. The number of carboxylic acid groups (broad SMARTS) is 1. The van der Waals surface area contributed by atoms with Crippen molar-refractivity contribution in [2.24, 2.45) is 33.8 Å². The first-order chi connectivity index (χ1) is 16.8. The van der Waals surface area contributed by atoms with Crippen molar-refractivity contribution < 1.29 is 29.1 Å². The van der Waals surface area contributed by atoms with Crippen LogP contribution in [0.15, 0.2) is 4.99 Å². The maximum atomic E-state index is 13.0. The number of amides is 4. The van der Waals surface area contributed by atoms with Crippen molar-refractivity contribution >= 4 is 47.3 Å². The molecule has 0 heterocycles. The number of rotatable bonds is 18. The average Bonchev–Trinajstić information content (AvgIpc) is 2.79. The van der Waals surface area contributed by atoms with Crippen molar-refractivity contribution in [1.82, 2.24) is 16.0 Å². The van der Waals surface area contributed by atoms with Crippen LogP contribution in [0.4, 0.5) is 0 Å². The molecule has 36 heavy (non-hydrogen) atoms. The zero-order chi connectivity index (χ0) is 27.8. The number of thioether (sulfide) groups is 1. The van der Waals surface area contributed by atoms with Gasteiger partial charge in [0.15, 0.2) is 5.96 Å². The van der Waals surface area contributed by atoms with Crippen molar-refractivity contribution in [3.8, 4) is 0 Å². The van der Waals surface area contributed by atoms with Gasteiger partial charge in [0.25, 0.3) is 0 Å². The minimum absolute atomic E-state index is 0.0574. The first-order valence-corrected chi connectivity index (χ1v) is 12.9. The summed E-state index contributed by atoms with van der Waals surface area (Å²) >= 11 is 1.51. The first-order valence-electron chi connectivity index (χ1n) is 11.5.